The van der Waals surface area contributed by atoms with Gasteiger partial charge in [-0.1, -0.05) is 6.07 Å². The lowest BCUT2D eigenvalue weighted by Crippen LogP contribution is -2.33. The minimum atomic E-state index is -0.210. The number of ether oxygens (including phenoxy) is 4. The Morgan fingerprint density at radius 1 is 1.16 bits per heavy atom. The van der Waals surface area contributed by atoms with Crippen molar-refractivity contribution in [2.24, 2.45) is 0 Å². The van der Waals surface area contributed by atoms with E-state index in [1.807, 2.05) is 19.1 Å². The molecule has 1 aliphatic rings. The van der Waals surface area contributed by atoms with Crippen LogP contribution in [0.25, 0.3) is 11.0 Å². The minimum Gasteiger partial charge on any atom is -0.497 e. The van der Waals surface area contributed by atoms with Crippen LogP contribution in [0.15, 0.2) is 45.6 Å². The van der Waals surface area contributed by atoms with Crippen molar-refractivity contribution >= 4 is 11.0 Å². The molecule has 0 atom stereocenters. The first-order valence-electron chi connectivity index (χ1n) is 10.4. The van der Waals surface area contributed by atoms with E-state index in [1.165, 1.54) is 0 Å². The van der Waals surface area contributed by atoms with Gasteiger partial charge in [0.25, 0.3) is 0 Å². The number of rotatable bonds is 8. The van der Waals surface area contributed by atoms with Gasteiger partial charge in [-0.15, -0.1) is 0 Å². The molecule has 2 heterocycles. The zero-order valence-electron chi connectivity index (χ0n) is 18.1. The average Bonchev–Trinajstić information content (AvgIpc) is 2.79. The van der Waals surface area contributed by atoms with Crippen LogP contribution in [0.1, 0.15) is 24.7 Å². The Morgan fingerprint density at radius 2 is 2.00 bits per heavy atom. The monoisotopic (exact) mass is 425 g/mol. The lowest BCUT2D eigenvalue weighted by Gasteiger charge is -2.29. The first-order valence-corrected chi connectivity index (χ1v) is 10.4. The molecule has 0 N–H and O–H groups in total. The molecular weight excluding hydrogens is 398 g/mol. The van der Waals surface area contributed by atoms with Gasteiger partial charge in [-0.05, 0) is 44.5 Å². The summed E-state index contributed by atoms with van der Waals surface area (Å²) in [6, 6.07) is 10.7. The molecule has 31 heavy (non-hydrogen) atoms. The van der Waals surface area contributed by atoms with Crippen LogP contribution < -0.4 is 19.6 Å². The maximum absolute atomic E-state index is 13.2. The number of aryl methyl sites for hydroxylation is 1. The number of benzene rings is 2. The van der Waals surface area contributed by atoms with Gasteiger partial charge in [0.15, 0.2) is 0 Å². The molecular formula is C24H27NO6. The second kappa shape index (κ2) is 9.41. The Hall–Kier alpha value is -3.03. The van der Waals surface area contributed by atoms with Crippen molar-refractivity contribution in [2.45, 2.75) is 26.8 Å². The highest BCUT2D eigenvalue weighted by molar-refractivity contribution is 5.83. The maximum atomic E-state index is 13.2. The predicted octanol–water partition coefficient (Wildman–Crippen LogP) is 4.48. The molecule has 1 aliphatic heterocycles. The van der Waals surface area contributed by atoms with Gasteiger partial charge in [0.05, 0.1) is 18.1 Å². The molecule has 0 radical (unpaired) electrons. The fourth-order valence-electron chi connectivity index (χ4n) is 3.68. The highest BCUT2D eigenvalue weighted by atomic mass is 16.5. The van der Waals surface area contributed by atoms with E-state index in [2.05, 4.69) is 4.90 Å². The lowest BCUT2D eigenvalue weighted by atomic mass is 10.1. The van der Waals surface area contributed by atoms with Crippen molar-refractivity contribution in [1.82, 2.24) is 4.90 Å². The maximum Gasteiger partial charge on any atom is 0.235 e. The standard InChI is InChI=1S/C24H27NO6/c1-4-28-12-6-11-25-14-20-21(29-15-25)10-9-19-22(26)23(16(2)30-24(19)20)31-18-8-5-7-17(13-18)27-3/h5,7-10,13H,4,6,11-12,14-15H2,1-3H3. The van der Waals surface area contributed by atoms with Crippen molar-refractivity contribution in [2.75, 3.05) is 33.6 Å². The lowest BCUT2D eigenvalue weighted by molar-refractivity contribution is 0.0772. The van der Waals surface area contributed by atoms with Crippen LogP contribution in [-0.4, -0.2) is 38.5 Å². The summed E-state index contributed by atoms with van der Waals surface area (Å²) in [5.74, 6) is 2.50. The van der Waals surface area contributed by atoms with Crippen LogP contribution in [0.4, 0.5) is 0 Å². The molecule has 3 aromatic rings. The Morgan fingerprint density at radius 3 is 2.81 bits per heavy atom. The molecule has 0 fully saturated rings. The van der Waals surface area contributed by atoms with Crippen LogP contribution in [0.5, 0.6) is 23.0 Å². The molecule has 0 aliphatic carbocycles. The summed E-state index contributed by atoms with van der Waals surface area (Å²) in [5, 5.41) is 0.474. The van der Waals surface area contributed by atoms with Gasteiger partial charge >= 0.3 is 0 Å². The molecule has 1 aromatic heterocycles. The molecule has 0 amide bonds. The zero-order valence-corrected chi connectivity index (χ0v) is 18.1. The molecule has 0 saturated carbocycles. The van der Waals surface area contributed by atoms with E-state index in [1.54, 1.807) is 38.3 Å². The smallest absolute Gasteiger partial charge is 0.235 e. The van der Waals surface area contributed by atoms with Crippen molar-refractivity contribution < 1.29 is 23.4 Å². The third kappa shape index (κ3) is 4.52. The summed E-state index contributed by atoms with van der Waals surface area (Å²) in [4.78, 5) is 15.4. The molecule has 0 unspecified atom stereocenters. The number of hydrogen-bond donors (Lipinski definition) is 0. The largest absolute Gasteiger partial charge is 0.497 e. The number of methoxy groups -OCH3 is 1. The van der Waals surface area contributed by atoms with Crippen LogP contribution in [0.2, 0.25) is 0 Å². The molecule has 7 heteroatoms. The Bertz CT molecular complexity index is 1120. The van der Waals surface area contributed by atoms with Gasteiger partial charge in [0.2, 0.25) is 11.2 Å². The highest BCUT2D eigenvalue weighted by Crippen LogP contribution is 2.34. The van der Waals surface area contributed by atoms with Gasteiger partial charge < -0.3 is 23.4 Å². The molecule has 2 aromatic carbocycles. The summed E-state index contributed by atoms with van der Waals surface area (Å²) >= 11 is 0. The normalized spacial score (nSPS) is 13.6. The molecule has 0 saturated heterocycles. The van der Waals surface area contributed by atoms with Crippen molar-refractivity contribution in [3.8, 4) is 23.0 Å². The van der Waals surface area contributed by atoms with E-state index >= 15 is 0 Å². The first-order chi connectivity index (χ1) is 15.1. The summed E-state index contributed by atoms with van der Waals surface area (Å²) in [6.07, 6.45) is 0.915. The van der Waals surface area contributed by atoms with Crippen LogP contribution in [0.3, 0.4) is 0 Å². The van der Waals surface area contributed by atoms with Crippen LogP contribution in [-0.2, 0) is 11.3 Å². The summed E-state index contributed by atoms with van der Waals surface area (Å²) < 4.78 is 28.6. The van der Waals surface area contributed by atoms with E-state index in [4.69, 9.17) is 23.4 Å². The van der Waals surface area contributed by atoms with E-state index < -0.39 is 0 Å². The highest BCUT2D eigenvalue weighted by Gasteiger charge is 2.24. The average molecular weight is 425 g/mol. The fraction of sp³-hybridized carbons (Fsp3) is 0.375. The van der Waals surface area contributed by atoms with E-state index in [9.17, 15) is 4.79 Å². The van der Waals surface area contributed by atoms with Crippen molar-refractivity contribution in [3.05, 3.63) is 57.9 Å². The van der Waals surface area contributed by atoms with E-state index in [-0.39, 0.29) is 11.2 Å². The number of fused-ring (bicyclic) bond motifs is 3. The van der Waals surface area contributed by atoms with Gasteiger partial charge in [0, 0.05) is 32.4 Å². The Labute approximate surface area is 181 Å². The third-order valence-electron chi connectivity index (χ3n) is 5.26. The molecule has 7 nitrogen and oxygen atoms in total. The predicted molar refractivity (Wildman–Crippen MR) is 117 cm³/mol. The zero-order chi connectivity index (χ0) is 21.8. The molecule has 164 valence electrons. The molecule has 0 spiro atoms. The van der Waals surface area contributed by atoms with Gasteiger partial charge in [0.1, 0.15) is 35.3 Å². The topological polar surface area (TPSA) is 70.4 Å². The van der Waals surface area contributed by atoms with E-state index in [0.29, 0.717) is 54.7 Å². The van der Waals surface area contributed by atoms with Crippen molar-refractivity contribution in [1.29, 1.82) is 0 Å². The van der Waals surface area contributed by atoms with Crippen molar-refractivity contribution in [3.63, 3.8) is 0 Å². The first kappa shape index (κ1) is 21.2. The second-order valence-corrected chi connectivity index (χ2v) is 7.39. The molecule has 4 rings (SSSR count). The van der Waals surface area contributed by atoms with Gasteiger partial charge in [-0.3, -0.25) is 9.69 Å². The number of hydrogen-bond acceptors (Lipinski definition) is 7. The second-order valence-electron chi connectivity index (χ2n) is 7.39. The summed E-state index contributed by atoms with van der Waals surface area (Å²) in [6.45, 7) is 7.16. The summed E-state index contributed by atoms with van der Waals surface area (Å²) in [7, 11) is 1.58. The fourth-order valence-corrected chi connectivity index (χ4v) is 3.68. The quantitative estimate of drug-likeness (QED) is 0.493. The van der Waals surface area contributed by atoms with E-state index in [0.717, 1.165) is 24.3 Å². The minimum absolute atomic E-state index is 0.172. The Kier molecular flexibility index (Phi) is 6.44. The molecule has 0 bridgehead atoms. The third-order valence-corrected chi connectivity index (χ3v) is 5.26. The van der Waals surface area contributed by atoms with Gasteiger partial charge in [-0.2, -0.15) is 0 Å². The van der Waals surface area contributed by atoms with Gasteiger partial charge in [-0.25, -0.2) is 0 Å². The van der Waals surface area contributed by atoms with Crippen LogP contribution in [0, 0.1) is 6.92 Å². The SMILES string of the molecule is CCOCCCN1COc2ccc3c(=O)c(Oc4cccc(OC)c4)c(C)oc3c2C1. The summed E-state index contributed by atoms with van der Waals surface area (Å²) in [5.41, 5.74) is 1.22. The Balaban J connectivity index is 1.64. The van der Waals surface area contributed by atoms with Crippen LogP contribution >= 0.6 is 0 Å². The number of nitrogens with zero attached hydrogens (tertiary/aromatic N) is 1.